The van der Waals surface area contributed by atoms with E-state index in [1.54, 1.807) is 0 Å². The topological polar surface area (TPSA) is 38.7 Å². The highest BCUT2D eigenvalue weighted by atomic mass is 32.1. The molecule has 2 heterocycles. The average Bonchev–Trinajstić information content (AvgIpc) is 3.82. The standard InChI is InChI=1S/C46H27N3S/c1-3-13-28(14-4-1)43-47-44(29-15-5-2-6-16-29)49-45(48-43)30-23-24-35-39(27-30)46(36-20-10-7-17-31(36)32-18-8-11-21-37(32)46)38-26-25-34-33-19-9-12-22-40(33)50-42(34)41(35)38/h1-27H. The summed E-state index contributed by atoms with van der Waals surface area (Å²) in [7, 11) is 0. The minimum atomic E-state index is -0.476. The first kappa shape index (κ1) is 27.7. The molecule has 0 aliphatic heterocycles. The Balaban J connectivity index is 1.23. The summed E-state index contributed by atoms with van der Waals surface area (Å²) in [5.74, 6) is 1.99. The fourth-order valence-electron chi connectivity index (χ4n) is 8.48. The van der Waals surface area contributed by atoms with E-state index in [1.165, 1.54) is 64.7 Å². The molecule has 9 aromatic rings. The van der Waals surface area contributed by atoms with Crippen molar-refractivity contribution in [2.45, 2.75) is 5.41 Å². The highest BCUT2D eigenvalue weighted by Crippen LogP contribution is 2.64. The first-order valence-electron chi connectivity index (χ1n) is 17.0. The van der Waals surface area contributed by atoms with Crippen LogP contribution in [0.5, 0.6) is 0 Å². The lowest BCUT2D eigenvalue weighted by Crippen LogP contribution is -2.25. The largest absolute Gasteiger partial charge is 0.208 e. The molecule has 0 saturated carbocycles. The van der Waals surface area contributed by atoms with Gasteiger partial charge in [0.2, 0.25) is 0 Å². The van der Waals surface area contributed by atoms with Gasteiger partial charge in [0.1, 0.15) is 0 Å². The molecule has 0 N–H and O–H groups in total. The number of nitrogens with zero attached hydrogens (tertiary/aromatic N) is 3. The fraction of sp³-hybridized carbons (Fsp3) is 0.0217. The number of hydrogen-bond acceptors (Lipinski definition) is 4. The van der Waals surface area contributed by atoms with Gasteiger partial charge in [-0.25, -0.2) is 15.0 Å². The number of aromatic nitrogens is 3. The fourth-order valence-corrected chi connectivity index (χ4v) is 9.74. The van der Waals surface area contributed by atoms with Crippen molar-refractivity contribution in [3.8, 4) is 56.4 Å². The molecule has 232 valence electrons. The lowest BCUT2D eigenvalue weighted by atomic mass is 9.70. The van der Waals surface area contributed by atoms with Crippen molar-refractivity contribution in [1.82, 2.24) is 15.0 Å². The quantitative estimate of drug-likeness (QED) is 0.190. The maximum Gasteiger partial charge on any atom is 0.164 e. The smallest absolute Gasteiger partial charge is 0.164 e. The van der Waals surface area contributed by atoms with Crippen LogP contribution in [0.4, 0.5) is 0 Å². The monoisotopic (exact) mass is 653 g/mol. The molecule has 0 fully saturated rings. The molecule has 0 radical (unpaired) electrons. The maximum atomic E-state index is 5.14. The molecule has 1 spiro atoms. The SMILES string of the molecule is c1ccc(-c2nc(-c3ccccc3)nc(-c3ccc4c(c3)C3(c5ccccc5-c5ccccc53)c3ccc5c(sc6ccccc65)c3-4)n2)cc1. The van der Waals surface area contributed by atoms with Crippen LogP contribution < -0.4 is 0 Å². The first-order chi connectivity index (χ1) is 24.8. The van der Waals surface area contributed by atoms with Gasteiger partial charge in [-0.1, -0.05) is 152 Å². The molecule has 50 heavy (non-hydrogen) atoms. The molecule has 2 aliphatic rings. The summed E-state index contributed by atoms with van der Waals surface area (Å²) in [4.78, 5) is 15.2. The maximum absolute atomic E-state index is 5.14. The van der Waals surface area contributed by atoms with E-state index in [-0.39, 0.29) is 0 Å². The van der Waals surface area contributed by atoms with Crippen LogP contribution in [-0.4, -0.2) is 15.0 Å². The number of hydrogen-bond donors (Lipinski definition) is 0. The zero-order valence-electron chi connectivity index (χ0n) is 26.8. The Bertz CT molecular complexity index is 2720. The van der Waals surface area contributed by atoms with Crippen molar-refractivity contribution in [2.24, 2.45) is 0 Å². The van der Waals surface area contributed by atoms with E-state index in [0.717, 1.165) is 16.7 Å². The normalized spacial score (nSPS) is 13.4. The van der Waals surface area contributed by atoms with Gasteiger partial charge in [-0.15, -0.1) is 11.3 Å². The van der Waals surface area contributed by atoms with Crippen molar-refractivity contribution in [3.05, 3.63) is 186 Å². The van der Waals surface area contributed by atoms with E-state index < -0.39 is 5.41 Å². The third-order valence-corrected chi connectivity index (χ3v) is 11.8. The molecule has 7 aromatic carbocycles. The summed E-state index contributed by atoms with van der Waals surface area (Å²) >= 11 is 1.90. The highest BCUT2D eigenvalue weighted by molar-refractivity contribution is 7.26. The van der Waals surface area contributed by atoms with Gasteiger partial charge in [-0.3, -0.25) is 0 Å². The second kappa shape index (κ2) is 10.4. The molecule has 0 bridgehead atoms. The Morgan fingerprint density at radius 3 is 1.60 bits per heavy atom. The number of thiophene rings is 1. The summed E-state index contributed by atoms with van der Waals surface area (Å²) in [6.07, 6.45) is 0. The van der Waals surface area contributed by atoms with E-state index in [2.05, 4.69) is 127 Å². The molecular formula is C46H27N3S. The van der Waals surface area contributed by atoms with E-state index >= 15 is 0 Å². The third kappa shape index (κ3) is 3.71. The predicted molar refractivity (Wildman–Crippen MR) is 205 cm³/mol. The van der Waals surface area contributed by atoms with Crippen LogP contribution in [0.3, 0.4) is 0 Å². The predicted octanol–water partition coefficient (Wildman–Crippen LogP) is 11.6. The minimum absolute atomic E-state index is 0.476. The van der Waals surface area contributed by atoms with Gasteiger partial charge in [0, 0.05) is 42.4 Å². The van der Waals surface area contributed by atoms with Crippen molar-refractivity contribution in [1.29, 1.82) is 0 Å². The molecule has 0 atom stereocenters. The number of rotatable bonds is 3. The number of fused-ring (bicyclic) bond motifs is 14. The Morgan fingerprint density at radius 1 is 0.380 bits per heavy atom. The van der Waals surface area contributed by atoms with Crippen LogP contribution >= 0.6 is 11.3 Å². The molecule has 2 aromatic heterocycles. The second-order valence-corrected chi connectivity index (χ2v) is 14.2. The summed E-state index contributed by atoms with van der Waals surface area (Å²) in [6.45, 7) is 0. The Labute approximate surface area is 293 Å². The zero-order chi connectivity index (χ0) is 32.8. The Morgan fingerprint density at radius 2 is 0.940 bits per heavy atom. The van der Waals surface area contributed by atoms with Crippen molar-refractivity contribution in [2.75, 3.05) is 0 Å². The number of benzene rings is 7. The molecule has 11 rings (SSSR count). The molecule has 3 nitrogen and oxygen atoms in total. The third-order valence-electron chi connectivity index (χ3n) is 10.6. The first-order valence-corrected chi connectivity index (χ1v) is 17.8. The van der Waals surface area contributed by atoms with Crippen molar-refractivity contribution < 1.29 is 0 Å². The molecule has 0 saturated heterocycles. The summed E-state index contributed by atoms with van der Waals surface area (Å²) in [5.41, 5.74) is 12.9. The van der Waals surface area contributed by atoms with Gasteiger partial charge in [0.15, 0.2) is 17.5 Å². The summed E-state index contributed by atoms with van der Waals surface area (Å²) in [6, 6.07) is 58.8. The van der Waals surface area contributed by atoms with Crippen molar-refractivity contribution in [3.63, 3.8) is 0 Å². The summed E-state index contributed by atoms with van der Waals surface area (Å²) in [5, 5.41) is 2.63. The lowest BCUT2D eigenvalue weighted by molar-refractivity contribution is 0.794. The summed E-state index contributed by atoms with van der Waals surface area (Å²) < 4.78 is 2.66. The minimum Gasteiger partial charge on any atom is -0.208 e. The van der Waals surface area contributed by atoms with Gasteiger partial charge in [0.05, 0.1) is 5.41 Å². The average molecular weight is 654 g/mol. The van der Waals surface area contributed by atoms with E-state index in [0.29, 0.717) is 17.5 Å². The van der Waals surface area contributed by atoms with Gasteiger partial charge in [0.25, 0.3) is 0 Å². The van der Waals surface area contributed by atoms with Crippen LogP contribution in [0.2, 0.25) is 0 Å². The zero-order valence-corrected chi connectivity index (χ0v) is 27.7. The molecule has 4 heteroatoms. The van der Waals surface area contributed by atoms with E-state index in [9.17, 15) is 0 Å². The van der Waals surface area contributed by atoms with Gasteiger partial charge >= 0.3 is 0 Å². The lowest BCUT2D eigenvalue weighted by Gasteiger charge is -2.30. The molecule has 0 unspecified atom stereocenters. The Kier molecular flexibility index (Phi) is 5.75. The van der Waals surface area contributed by atoms with Crippen molar-refractivity contribution >= 4 is 31.5 Å². The highest BCUT2D eigenvalue weighted by Gasteiger charge is 2.52. The Hall–Kier alpha value is -6.23. The van der Waals surface area contributed by atoms with Crippen LogP contribution in [0, 0.1) is 0 Å². The van der Waals surface area contributed by atoms with Crippen LogP contribution in [-0.2, 0) is 5.41 Å². The van der Waals surface area contributed by atoms with Gasteiger partial charge in [-0.2, -0.15) is 0 Å². The van der Waals surface area contributed by atoms with E-state index in [1.807, 2.05) is 47.7 Å². The van der Waals surface area contributed by atoms with Gasteiger partial charge < -0.3 is 0 Å². The van der Waals surface area contributed by atoms with E-state index in [4.69, 9.17) is 15.0 Å². The van der Waals surface area contributed by atoms with Crippen LogP contribution in [0.1, 0.15) is 22.3 Å². The molecule has 2 aliphatic carbocycles. The van der Waals surface area contributed by atoms with Crippen LogP contribution in [0.15, 0.2) is 164 Å². The molecule has 0 amide bonds. The van der Waals surface area contributed by atoms with Crippen LogP contribution in [0.25, 0.3) is 76.6 Å². The van der Waals surface area contributed by atoms with Gasteiger partial charge in [-0.05, 0) is 51.1 Å². The molecular weight excluding hydrogens is 627 g/mol. The second-order valence-electron chi connectivity index (χ2n) is 13.1.